The molecule has 0 aliphatic carbocycles. The average Bonchev–Trinajstić information content (AvgIpc) is 2.87. The van der Waals surface area contributed by atoms with Gasteiger partial charge in [0.05, 0.1) is 5.48 Å². The van der Waals surface area contributed by atoms with E-state index >= 15 is 0 Å². The monoisotopic (exact) mass is 306 g/mol. The Bertz CT molecular complexity index is 1060. The summed E-state index contributed by atoms with van der Waals surface area (Å²) in [6, 6.07) is 11.6. The van der Waals surface area contributed by atoms with Crippen LogP contribution in [0.2, 0.25) is 0 Å². The Morgan fingerprint density at radius 1 is 1.38 bits per heavy atom. The van der Waals surface area contributed by atoms with Crippen molar-refractivity contribution in [2.45, 2.75) is 12.5 Å². The Morgan fingerprint density at radius 2 is 2.29 bits per heavy atom. The zero-order chi connectivity index (χ0) is 22.3. The minimum absolute atomic E-state index is 0.137. The van der Waals surface area contributed by atoms with E-state index in [1.165, 1.54) is 0 Å². The first-order chi connectivity index (χ1) is 13.8. The molecule has 1 heterocycles. The molecule has 21 heavy (non-hydrogen) atoms. The maximum absolute atomic E-state index is 8.93. The Kier molecular flexibility index (Phi) is 2.23. The van der Waals surface area contributed by atoms with Crippen LogP contribution in [0.4, 0.5) is 0 Å². The summed E-state index contributed by atoms with van der Waals surface area (Å²) >= 11 is 0.675. The van der Waals surface area contributed by atoms with E-state index in [9.17, 15) is 0 Å². The van der Waals surface area contributed by atoms with Gasteiger partial charge in [-0.3, -0.25) is 0 Å². The normalized spacial score (nSPS) is 21.4. The van der Waals surface area contributed by atoms with E-state index in [1.54, 1.807) is 24.3 Å². The summed E-state index contributed by atoms with van der Waals surface area (Å²) in [7, 11) is 0. The van der Waals surface area contributed by atoms with E-state index in [2.05, 4.69) is 0 Å². The van der Waals surface area contributed by atoms with E-state index in [1.807, 2.05) is 23.5 Å². The second-order valence-corrected chi connectivity index (χ2v) is 5.08. The number of hydrogen-bond acceptors (Lipinski definition) is 3. The van der Waals surface area contributed by atoms with Crippen molar-refractivity contribution >= 4 is 22.1 Å². The molecule has 3 heteroatoms. The molecule has 108 valence electrons. The quantitative estimate of drug-likeness (QED) is 0.717. The summed E-state index contributed by atoms with van der Waals surface area (Å²) in [5.41, 5.74) is 0. The van der Waals surface area contributed by atoms with Crippen molar-refractivity contribution in [3.63, 3.8) is 0 Å². The number of rotatable bonds is 6. The van der Waals surface area contributed by atoms with Gasteiger partial charge in [0.1, 0.15) is 11.8 Å². The second-order valence-electron chi connectivity index (χ2n) is 4.26. The summed E-state index contributed by atoms with van der Waals surface area (Å²) in [5, 5.41) is 3.09. The molecular formula is C18H19NOS. The fraction of sp³-hybridized carbons (Fsp3) is 0.222. The molecule has 0 saturated carbocycles. The lowest BCUT2D eigenvalue weighted by Crippen LogP contribution is -2.15. The average molecular weight is 306 g/mol. The van der Waals surface area contributed by atoms with Gasteiger partial charge in [-0.25, -0.2) is 0 Å². The standard InChI is InChI=1S/C18H19NOS/c1-19-12-11-17(18-10-5-13-21-18)20-16-9-4-7-14-6-2-3-8-15(14)16/h2-10,13,17,19H,11-12H2,1H3/i1D3,5D,10D,12D2,13D,17D. The highest BCUT2D eigenvalue weighted by Crippen LogP contribution is 2.32. The molecule has 1 aromatic heterocycles. The van der Waals surface area contributed by atoms with Crippen LogP contribution in [0, 0.1) is 0 Å². The van der Waals surface area contributed by atoms with E-state index in [-0.39, 0.29) is 16.0 Å². The Hall–Kier alpha value is -1.84. The van der Waals surface area contributed by atoms with Crippen LogP contribution in [0.25, 0.3) is 10.8 Å². The maximum atomic E-state index is 8.93. The first kappa shape index (κ1) is 6.95. The number of hydrogen-bond donors (Lipinski definition) is 1. The third kappa shape index (κ3) is 3.26. The third-order valence-electron chi connectivity index (χ3n) is 2.95. The molecule has 0 aliphatic heterocycles. The Labute approximate surface area is 142 Å². The molecule has 0 spiro atoms. The van der Waals surface area contributed by atoms with Gasteiger partial charge in [0.25, 0.3) is 0 Å². The predicted octanol–water partition coefficient (Wildman–Crippen LogP) is 4.63. The van der Waals surface area contributed by atoms with Crippen LogP contribution < -0.4 is 10.1 Å². The molecule has 1 unspecified atom stereocenters. The molecule has 2 nitrogen and oxygen atoms in total. The minimum Gasteiger partial charge on any atom is -0.484 e. The smallest absolute Gasteiger partial charge is 0.134 e. The summed E-state index contributed by atoms with van der Waals surface area (Å²) in [4.78, 5) is -0.137. The van der Waals surface area contributed by atoms with Crippen molar-refractivity contribution in [2.75, 3.05) is 13.5 Å². The molecule has 1 atom stereocenters. The van der Waals surface area contributed by atoms with Gasteiger partial charge in [0.2, 0.25) is 0 Å². The summed E-state index contributed by atoms with van der Waals surface area (Å²) in [6.45, 7) is -5.36. The van der Waals surface area contributed by atoms with E-state index in [0.717, 1.165) is 5.39 Å². The summed E-state index contributed by atoms with van der Waals surface area (Å²) in [5.74, 6) is 0.249. The number of ether oxygens (including phenoxy) is 1. The zero-order valence-corrected chi connectivity index (χ0v) is 11.9. The molecule has 0 amide bonds. The van der Waals surface area contributed by atoms with Gasteiger partial charge in [0.15, 0.2) is 0 Å². The highest BCUT2D eigenvalue weighted by molar-refractivity contribution is 7.10. The van der Waals surface area contributed by atoms with Gasteiger partial charge >= 0.3 is 0 Å². The first-order valence-electron chi connectivity index (χ1n) is 10.8. The van der Waals surface area contributed by atoms with E-state index in [0.29, 0.717) is 16.7 Å². The minimum atomic E-state index is -2.80. The fourth-order valence-corrected chi connectivity index (χ4v) is 2.55. The van der Waals surface area contributed by atoms with Crippen molar-refractivity contribution in [1.29, 1.82) is 0 Å². The van der Waals surface area contributed by atoms with Crippen LogP contribution in [0.15, 0.2) is 59.9 Å². The van der Waals surface area contributed by atoms with Gasteiger partial charge in [-0.1, -0.05) is 42.4 Å². The van der Waals surface area contributed by atoms with Crippen molar-refractivity contribution in [1.82, 2.24) is 5.32 Å². The van der Waals surface area contributed by atoms with Gasteiger partial charge in [-0.2, -0.15) is 0 Å². The highest BCUT2D eigenvalue weighted by Gasteiger charge is 2.15. The third-order valence-corrected chi connectivity index (χ3v) is 3.69. The van der Waals surface area contributed by atoms with Crippen LogP contribution in [0.5, 0.6) is 5.75 Å². The van der Waals surface area contributed by atoms with Crippen molar-refractivity contribution in [2.24, 2.45) is 0 Å². The van der Waals surface area contributed by atoms with Crippen LogP contribution in [-0.2, 0) is 0 Å². The van der Waals surface area contributed by atoms with Gasteiger partial charge in [0, 0.05) is 23.5 Å². The molecule has 3 aromatic rings. The molecule has 0 aliphatic rings. The largest absolute Gasteiger partial charge is 0.484 e. The number of nitrogens with one attached hydrogen (secondary N) is 1. The second kappa shape index (κ2) is 6.74. The lowest BCUT2D eigenvalue weighted by atomic mass is 10.1. The molecular weight excluding hydrogens is 278 g/mol. The SMILES string of the molecule is [2H]c1sc(C([2H])(CC([2H])([2H])NC([2H])([2H])[2H])Oc2cccc3ccccc23)c([2H])c1[2H]. The Balaban J connectivity index is 2.11. The van der Waals surface area contributed by atoms with Crippen LogP contribution in [0.1, 0.15) is 29.7 Å². The molecule has 0 fully saturated rings. The zero-order valence-electron chi connectivity index (χ0n) is 20.1. The molecule has 3 rings (SSSR count). The predicted molar refractivity (Wildman–Crippen MR) is 90.2 cm³/mol. The lowest BCUT2D eigenvalue weighted by Gasteiger charge is -2.19. The number of fused-ring (bicyclic) bond motifs is 1. The highest BCUT2D eigenvalue weighted by atomic mass is 32.1. The lowest BCUT2D eigenvalue weighted by molar-refractivity contribution is 0.201. The van der Waals surface area contributed by atoms with Crippen LogP contribution in [-0.4, -0.2) is 13.5 Å². The van der Waals surface area contributed by atoms with E-state index < -0.39 is 38.1 Å². The van der Waals surface area contributed by atoms with Gasteiger partial charge in [-0.05, 0) is 36.3 Å². The fourth-order valence-electron chi connectivity index (χ4n) is 2.02. The van der Waals surface area contributed by atoms with E-state index in [4.69, 9.17) is 17.1 Å². The summed E-state index contributed by atoms with van der Waals surface area (Å²) in [6.07, 6.45) is -3.03. The number of thiophene rings is 1. The van der Waals surface area contributed by atoms with Crippen molar-refractivity contribution < 1.29 is 17.1 Å². The molecule has 0 bridgehead atoms. The van der Waals surface area contributed by atoms with Crippen LogP contribution in [0.3, 0.4) is 0 Å². The maximum Gasteiger partial charge on any atom is 0.134 e. The number of benzene rings is 2. The topological polar surface area (TPSA) is 21.3 Å². The van der Waals surface area contributed by atoms with Gasteiger partial charge < -0.3 is 10.1 Å². The molecule has 0 radical (unpaired) electrons. The Morgan fingerprint density at radius 3 is 3.14 bits per heavy atom. The molecule has 0 saturated heterocycles. The van der Waals surface area contributed by atoms with Gasteiger partial charge in [-0.15, -0.1) is 11.3 Å². The van der Waals surface area contributed by atoms with Crippen molar-refractivity contribution in [3.8, 4) is 5.75 Å². The molecule has 1 N–H and O–H groups in total. The van der Waals surface area contributed by atoms with Crippen molar-refractivity contribution in [3.05, 3.63) is 64.8 Å². The molecule has 2 aromatic carbocycles. The first-order valence-corrected chi connectivity index (χ1v) is 7.16. The summed E-state index contributed by atoms with van der Waals surface area (Å²) < 4.78 is 76.7. The van der Waals surface area contributed by atoms with Crippen LogP contribution >= 0.6 is 11.3 Å².